The van der Waals surface area contributed by atoms with Gasteiger partial charge in [0.25, 0.3) is 0 Å². The van der Waals surface area contributed by atoms with Gasteiger partial charge in [-0.1, -0.05) is 19.0 Å². The summed E-state index contributed by atoms with van der Waals surface area (Å²) in [5, 5.41) is 4.71. The van der Waals surface area contributed by atoms with Gasteiger partial charge >= 0.3 is 0 Å². The molecule has 0 fully saturated rings. The minimum atomic E-state index is 0. The number of benzene rings is 1. The summed E-state index contributed by atoms with van der Waals surface area (Å²) in [5.74, 6) is 0.437. The van der Waals surface area contributed by atoms with Crippen molar-refractivity contribution < 1.29 is 0 Å². The number of hydrogen-bond donors (Lipinski definition) is 2. The maximum Gasteiger partial charge on any atom is 0.150 e. The smallest absolute Gasteiger partial charge is 0.150 e. The minimum Gasteiger partial charge on any atom is -0.394 e. The Bertz CT molecular complexity index is 447. The molecular formula is C10H13ClN4. The van der Waals surface area contributed by atoms with E-state index in [1.54, 1.807) is 16.8 Å². The lowest BCUT2D eigenvalue weighted by Gasteiger charge is -2.03. The largest absolute Gasteiger partial charge is 0.394 e. The van der Waals surface area contributed by atoms with E-state index in [0.29, 0.717) is 16.5 Å². The zero-order valence-electron chi connectivity index (χ0n) is 7.31. The third-order valence-corrected chi connectivity index (χ3v) is 2.16. The second kappa shape index (κ2) is 4.23. The van der Waals surface area contributed by atoms with Gasteiger partial charge in [-0.2, -0.15) is 5.10 Å². The lowest BCUT2D eigenvalue weighted by Crippen LogP contribution is -2.02. The van der Waals surface area contributed by atoms with E-state index in [1.165, 1.54) is 6.20 Å². The molecule has 2 rings (SSSR count). The average molecular weight is 225 g/mol. The highest BCUT2D eigenvalue weighted by Crippen LogP contribution is 2.19. The monoisotopic (exact) mass is 224 g/mol. The normalized spacial score (nSPS) is 9.67. The maximum absolute atomic E-state index is 5.76. The summed E-state index contributed by atoms with van der Waals surface area (Å²) in [4.78, 5) is 0. The van der Waals surface area contributed by atoms with Gasteiger partial charge in [-0.05, 0) is 24.3 Å². The Morgan fingerprint density at radius 2 is 1.73 bits per heavy atom. The van der Waals surface area contributed by atoms with Crippen molar-refractivity contribution in [2.45, 2.75) is 7.43 Å². The van der Waals surface area contributed by atoms with E-state index in [-0.39, 0.29) is 7.43 Å². The van der Waals surface area contributed by atoms with Crippen LogP contribution in [0, 0.1) is 0 Å². The summed E-state index contributed by atoms with van der Waals surface area (Å²) < 4.78 is 1.56. The van der Waals surface area contributed by atoms with Gasteiger partial charge in [0.05, 0.1) is 17.6 Å². The summed E-state index contributed by atoms with van der Waals surface area (Å²) >= 11 is 5.76. The molecule has 0 aliphatic rings. The van der Waals surface area contributed by atoms with E-state index in [2.05, 4.69) is 5.10 Å². The fraction of sp³-hybridized carbons (Fsp3) is 0.100. The zero-order chi connectivity index (χ0) is 10.1. The molecule has 0 saturated heterocycles. The highest BCUT2D eigenvalue weighted by molar-refractivity contribution is 6.30. The van der Waals surface area contributed by atoms with Crippen LogP contribution in [0.5, 0.6) is 0 Å². The molecular weight excluding hydrogens is 212 g/mol. The Morgan fingerprint density at radius 1 is 1.13 bits per heavy atom. The van der Waals surface area contributed by atoms with Crippen LogP contribution in [-0.2, 0) is 0 Å². The summed E-state index contributed by atoms with van der Waals surface area (Å²) in [5.41, 5.74) is 12.6. The summed E-state index contributed by atoms with van der Waals surface area (Å²) in [6.07, 6.45) is 1.52. The molecule has 4 nitrogen and oxygen atoms in total. The fourth-order valence-corrected chi connectivity index (χ4v) is 1.28. The van der Waals surface area contributed by atoms with Crippen LogP contribution >= 0.6 is 11.6 Å². The van der Waals surface area contributed by atoms with Crippen LogP contribution in [0.3, 0.4) is 0 Å². The van der Waals surface area contributed by atoms with Crippen molar-refractivity contribution in [1.82, 2.24) is 9.78 Å². The van der Waals surface area contributed by atoms with Crippen molar-refractivity contribution in [3.63, 3.8) is 0 Å². The van der Waals surface area contributed by atoms with Crippen molar-refractivity contribution in [3.05, 3.63) is 35.5 Å². The molecule has 15 heavy (non-hydrogen) atoms. The molecule has 1 heterocycles. The Hall–Kier alpha value is -1.68. The number of nitrogen functional groups attached to an aromatic ring is 2. The molecule has 0 amide bonds. The Labute approximate surface area is 93.4 Å². The quantitative estimate of drug-likeness (QED) is 0.781. The van der Waals surface area contributed by atoms with Crippen LogP contribution in [0.2, 0.25) is 5.02 Å². The van der Waals surface area contributed by atoms with Crippen molar-refractivity contribution in [1.29, 1.82) is 0 Å². The molecule has 4 N–H and O–H groups in total. The molecule has 5 heteroatoms. The molecule has 1 aromatic heterocycles. The van der Waals surface area contributed by atoms with Crippen LogP contribution < -0.4 is 11.5 Å². The molecule has 0 bridgehead atoms. The van der Waals surface area contributed by atoms with Crippen molar-refractivity contribution in [2.75, 3.05) is 11.5 Å². The lowest BCUT2D eigenvalue weighted by atomic mass is 10.3. The highest BCUT2D eigenvalue weighted by atomic mass is 35.5. The predicted molar refractivity (Wildman–Crippen MR) is 64.1 cm³/mol. The van der Waals surface area contributed by atoms with Gasteiger partial charge in [-0.3, -0.25) is 0 Å². The highest BCUT2D eigenvalue weighted by Gasteiger charge is 2.05. The van der Waals surface area contributed by atoms with E-state index in [4.69, 9.17) is 23.1 Å². The van der Waals surface area contributed by atoms with Crippen LogP contribution in [0.1, 0.15) is 7.43 Å². The molecule has 1 aromatic carbocycles. The van der Waals surface area contributed by atoms with Crippen LogP contribution in [0.4, 0.5) is 11.5 Å². The number of aromatic nitrogens is 2. The van der Waals surface area contributed by atoms with E-state index >= 15 is 0 Å². The molecule has 0 radical (unpaired) electrons. The third kappa shape index (κ3) is 2.05. The first-order chi connectivity index (χ1) is 6.68. The maximum atomic E-state index is 5.76. The van der Waals surface area contributed by atoms with Crippen LogP contribution in [0.15, 0.2) is 30.5 Å². The van der Waals surface area contributed by atoms with Gasteiger partial charge in [0.15, 0.2) is 0 Å². The number of hydrogen-bond acceptors (Lipinski definition) is 3. The molecule has 0 unspecified atom stereocenters. The third-order valence-electron chi connectivity index (χ3n) is 1.91. The zero-order valence-corrected chi connectivity index (χ0v) is 8.07. The van der Waals surface area contributed by atoms with E-state index in [0.717, 1.165) is 5.69 Å². The minimum absolute atomic E-state index is 0. The standard InChI is InChI=1S/C9H9ClN4.CH4/c10-6-1-3-7(4-2-6)14-9(12)8(11)5-13-14;/h1-5H,11-12H2;1H4. The number of anilines is 2. The van der Waals surface area contributed by atoms with Crippen molar-refractivity contribution in [3.8, 4) is 5.69 Å². The number of rotatable bonds is 1. The van der Waals surface area contributed by atoms with E-state index in [1.807, 2.05) is 12.1 Å². The predicted octanol–water partition coefficient (Wildman–Crippen LogP) is 2.33. The van der Waals surface area contributed by atoms with Gasteiger partial charge in [0, 0.05) is 5.02 Å². The molecule has 0 aliphatic heterocycles. The molecule has 0 saturated carbocycles. The Kier molecular flexibility index (Phi) is 3.21. The molecule has 0 atom stereocenters. The average Bonchev–Trinajstić information content (AvgIpc) is 2.50. The number of nitrogens with zero attached hydrogens (tertiary/aromatic N) is 2. The second-order valence-electron chi connectivity index (χ2n) is 2.87. The number of halogens is 1. The SMILES string of the molecule is C.Nc1cnn(-c2ccc(Cl)cc2)c1N. The molecule has 80 valence electrons. The number of nitrogens with two attached hydrogens (primary N) is 2. The van der Waals surface area contributed by atoms with E-state index < -0.39 is 0 Å². The second-order valence-corrected chi connectivity index (χ2v) is 3.31. The van der Waals surface area contributed by atoms with E-state index in [9.17, 15) is 0 Å². The summed E-state index contributed by atoms with van der Waals surface area (Å²) in [6, 6.07) is 7.19. The molecule has 0 aliphatic carbocycles. The van der Waals surface area contributed by atoms with Crippen LogP contribution in [-0.4, -0.2) is 9.78 Å². The Morgan fingerprint density at radius 3 is 2.20 bits per heavy atom. The first-order valence-corrected chi connectivity index (χ1v) is 4.41. The first-order valence-electron chi connectivity index (χ1n) is 4.03. The van der Waals surface area contributed by atoms with Gasteiger partial charge in [-0.25, -0.2) is 4.68 Å². The van der Waals surface area contributed by atoms with Crippen molar-refractivity contribution >= 4 is 23.1 Å². The molecule has 0 spiro atoms. The Balaban J connectivity index is 0.00000112. The first kappa shape index (κ1) is 11.4. The topological polar surface area (TPSA) is 69.9 Å². The summed E-state index contributed by atoms with van der Waals surface area (Å²) in [6.45, 7) is 0. The lowest BCUT2D eigenvalue weighted by molar-refractivity contribution is 0.891. The fourth-order valence-electron chi connectivity index (χ4n) is 1.16. The summed E-state index contributed by atoms with van der Waals surface area (Å²) in [7, 11) is 0. The van der Waals surface area contributed by atoms with Gasteiger partial charge in [-0.15, -0.1) is 0 Å². The van der Waals surface area contributed by atoms with Gasteiger partial charge in [0.1, 0.15) is 5.82 Å². The van der Waals surface area contributed by atoms with Crippen molar-refractivity contribution in [2.24, 2.45) is 0 Å². The van der Waals surface area contributed by atoms with Gasteiger partial charge in [0.2, 0.25) is 0 Å². The van der Waals surface area contributed by atoms with Gasteiger partial charge < -0.3 is 11.5 Å². The van der Waals surface area contributed by atoms with Crippen LogP contribution in [0.25, 0.3) is 5.69 Å². The molecule has 2 aromatic rings.